The highest BCUT2D eigenvalue weighted by molar-refractivity contribution is 5.81. The van der Waals surface area contributed by atoms with Gasteiger partial charge in [-0.1, -0.05) is 6.92 Å². The van der Waals surface area contributed by atoms with Gasteiger partial charge in [0.1, 0.15) is 0 Å². The third-order valence-electron chi connectivity index (χ3n) is 3.98. The highest BCUT2D eigenvalue weighted by Crippen LogP contribution is 2.16. The van der Waals surface area contributed by atoms with E-state index in [4.69, 9.17) is 0 Å². The number of amides is 1. The summed E-state index contributed by atoms with van der Waals surface area (Å²) in [4.78, 5) is 16.8. The van der Waals surface area contributed by atoms with Crippen LogP contribution in [-0.2, 0) is 4.79 Å². The summed E-state index contributed by atoms with van der Waals surface area (Å²) >= 11 is 0. The molecule has 2 rings (SSSR count). The standard InChI is InChI=1S/C13H25N3O/c1-3-6-16(12-9-14-10-12)11(2)13(17)15-7-4-5-8-15/h11-12,14H,3-10H2,1-2H3. The molecular weight excluding hydrogens is 214 g/mol. The van der Waals surface area contributed by atoms with Gasteiger partial charge in [0.2, 0.25) is 5.91 Å². The Morgan fingerprint density at radius 2 is 2.06 bits per heavy atom. The van der Waals surface area contributed by atoms with Gasteiger partial charge in [-0.05, 0) is 32.7 Å². The number of carbonyl (C=O) groups excluding carboxylic acids is 1. The molecule has 2 aliphatic rings. The van der Waals surface area contributed by atoms with Gasteiger partial charge in [0, 0.05) is 32.2 Å². The molecule has 1 unspecified atom stereocenters. The summed E-state index contributed by atoms with van der Waals surface area (Å²) in [5.41, 5.74) is 0. The molecule has 2 heterocycles. The lowest BCUT2D eigenvalue weighted by atomic mass is 10.1. The minimum atomic E-state index is 0.0557. The zero-order valence-corrected chi connectivity index (χ0v) is 11.1. The van der Waals surface area contributed by atoms with Crippen molar-refractivity contribution in [3.8, 4) is 0 Å². The predicted molar refractivity (Wildman–Crippen MR) is 68.9 cm³/mol. The van der Waals surface area contributed by atoms with Crippen molar-refractivity contribution in [1.82, 2.24) is 15.1 Å². The van der Waals surface area contributed by atoms with Crippen LogP contribution in [0.5, 0.6) is 0 Å². The number of nitrogens with zero attached hydrogens (tertiary/aromatic N) is 2. The van der Waals surface area contributed by atoms with Gasteiger partial charge in [0.05, 0.1) is 6.04 Å². The first-order chi connectivity index (χ1) is 8.24. The zero-order valence-electron chi connectivity index (χ0n) is 11.1. The van der Waals surface area contributed by atoms with Crippen molar-refractivity contribution in [2.75, 3.05) is 32.7 Å². The second kappa shape index (κ2) is 5.83. The predicted octanol–water partition coefficient (Wildman–Crippen LogP) is 0.681. The smallest absolute Gasteiger partial charge is 0.239 e. The molecule has 1 atom stereocenters. The summed E-state index contributed by atoms with van der Waals surface area (Å²) in [5.74, 6) is 0.336. The minimum Gasteiger partial charge on any atom is -0.341 e. The van der Waals surface area contributed by atoms with Crippen LogP contribution in [0, 0.1) is 0 Å². The van der Waals surface area contributed by atoms with E-state index in [0.29, 0.717) is 11.9 Å². The van der Waals surface area contributed by atoms with E-state index >= 15 is 0 Å². The molecule has 17 heavy (non-hydrogen) atoms. The van der Waals surface area contributed by atoms with E-state index in [1.54, 1.807) is 0 Å². The van der Waals surface area contributed by atoms with E-state index in [0.717, 1.165) is 39.1 Å². The van der Waals surface area contributed by atoms with E-state index in [9.17, 15) is 4.79 Å². The lowest BCUT2D eigenvalue weighted by molar-refractivity contribution is -0.136. The zero-order chi connectivity index (χ0) is 12.3. The fraction of sp³-hybridized carbons (Fsp3) is 0.923. The number of hydrogen-bond acceptors (Lipinski definition) is 3. The van der Waals surface area contributed by atoms with E-state index in [2.05, 4.69) is 24.1 Å². The molecule has 0 aromatic rings. The van der Waals surface area contributed by atoms with Crippen LogP contribution in [0.25, 0.3) is 0 Å². The number of carbonyl (C=O) groups is 1. The monoisotopic (exact) mass is 239 g/mol. The van der Waals surface area contributed by atoms with Crippen LogP contribution in [0.1, 0.15) is 33.1 Å². The Morgan fingerprint density at radius 1 is 1.41 bits per heavy atom. The van der Waals surface area contributed by atoms with Crippen LogP contribution in [-0.4, -0.2) is 60.5 Å². The fourth-order valence-corrected chi connectivity index (χ4v) is 2.80. The molecule has 2 aliphatic heterocycles. The molecule has 0 aromatic heterocycles. The van der Waals surface area contributed by atoms with Crippen LogP contribution >= 0.6 is 0 Å². The third kappa shape index (κ3) is 2.80. The maximum absolute atomic E-state index is 12.4. The average molecular weight is 239 g/mol. The van der Waals surface area contributed by atoms with Crippen LogP contribution in [0.15, 0.2) is 0 Å². The van der Waals surface area contributed by atoms with Crippen molar-refractivity contribution >= 4 is 5.91 Å². The van der Waals surface area contributed by atoms with Crippen LogP contribution in [0.4, 0.5) is 0 Å². The third-order valence-corrected chi connectivity index (χ3v) is 3.98. The molecule has 1 N–H and O–H groups in total. The van der Waals surface area contributed by atoms with Crippen molar-refractivity contribution < 1.29 is 4.79 Å². The number of hydrogen-bond donors (Lipinski definition) is 1. The molecule has 0 bridgehead atoms. The molecule has 0 saturated carbocycles. The lowest BCUT2D eigenvalue weighted by Crippen LogP contribution is -2.62. The summed E-state index contributed by atoms with van der Waals surface area (Å²) in [6.45, 7) is 9.31. The Morgan fingerprint density at radius 3 is 2.53 bits per heavy atom. The summed E-state index contributed by atoms with van der Waals surface area (Å²) < 4.78 is 0. The van der Waals surface area contributed by atoms with Crippen molar-refractivity contribution in [3.63, 3.8) is 0 Å². The van der Waals surface area contributed by atoms with Gasteiger partial charge in [0.15, 0.2) is 0 Å². The first-order valence-electron chi connectivity index (χ1n) is 6.99. The molecule has 0 radical (unpaired) electrons. The molecular formula is C13H25N3O. The Labute approximate surface area is 104 Å². The number of likely N-dealkylation sites (tertiary alicyclic amines) is 1. The van der Waals surface area contributed by atoms with Crippen LogP contribution in [0.2, 0.25) is 0 Å². The Bertz CT molecular complexity index is 259. The SMILES string of the molecule is CCCN(C1CNC1)C(C)C(=O)N1CCCC1. The summed E-state index contributed by atoms with van der Waals surface area (Å²) in [5, 5.41) is 3.30. The highest BCUT2D eigenvalue weighted by Gasteiger charge is 2.33. The summed E-state index contributed by atoms with van der Waals surface area (Å²) in [6, 6.07) is 0.622. The molecule has 2 fully saturated rings. The lowest BCUT2D eigenvalue weighted by Gasteiger charge is -2.42. The molecule has 0 spiro atoms. The van der Waals surface area contributed by atoms with Gasteiger partial charge in [-0.2, -0.15) is 0 Å². The normalized spacial score (nSPS) is 22.9. The molecule has 1 amide bonds. The molecule has 98 valence electrons. The molecule has 4 heteroatoms. The van der Waals surface area contributed by atoms with Gasteiger partial charge >= 0.3 is 0 Å². The van der Waals surface area contributed by atoms with Gasteiger partial charge in [0.25, 0.3) is 0 Å². The molecule has 4 nitrogen and oxygen atoms in total. The van der Waals surface area contributed by atoms with Crippen molar-refractivity contribution in [2.24, 2.45) is 0 Å². The van der Waals surface area contributed by atoms with E-state index in [-0.39, 0.29) is 6.04 Å². The van der Waals surface area contributed by atoms with Crippen molar-refractivity contribution in [1.29, 1.82) is 0 Å². The molecule has 0 aromatic carbocycles. The largest absolute Gasteiger partial charge is 0.341 e. The Hall–Kier alpha value is -0.610. The first kappa shape index (κ1) is 12.8. The van der Waals surface area contributed by atoms with Gasteiger partial charge in [-0.15, -0.1) is 0 Å². The molecule has 2 saturated heterocycles. The summed E-state index contributed by atoms with van der Waals surface area (Å²) in [6.07, 6.45) is 3.47. The van der Waals surface area contributed by atoms with Gasteiger partial charge in [-0.3, -0.25) is 9.69 Å². The molecule has 0 aliphatic carbocycles. The Balaban J connectivity index is 1.93. The maximum atomic E-state index is 12.4. The fourth-order valence-electron chi connectivity index (χ4n) is 2.80. The van der Waals surface area contributed by atoms with E-state index < -0.39 is 0 Å². The number of rotatable bonds is 5. The quantitative estimate of drug-likeness (QED) is 0.766. The van der Waals surface area contributed by atoms with Gasteiger partial charge < -0.3 is 10.2 Å². The Kier molecular flexibility index (Phi) is 4.40. The van der Waals surface area contributed by atoms with Crippen LogP contribution in [0.3, 0.4) is 0 Å². The van der Waals surface area contributed by atoms with E-state index in [1.807, 2.05) is 4.90 Å². The van der Waals surface area contributed by atoms with Crippen molar-refractivity contribution in [2.45, 2.75) is 45.2 Å². The second-order valence-electron chi connectivity index (χ2n) is 5.26. The van der Waals surface area contributed by atoms with Gasteiger partial charge in [-0.25, -0.2) is 0 Å². The van der Waals surface area contributed by atoms with Crippen molar-refractivity contribution in [3.05, 3.63) is 0 Å². The van der Waals surface area contributed by atoms with E-state index in [1.165, 1.54) is 12.8 Å². The maximum Gasteiger partial charge on any atom is 0.239 e. The minimum absolute atomic E-state index is 0.0557. The second-order valence-corrected chi connectivity index (χ2v) is 5.26. The summed E-state index contributed by atoms with van der Waals surface area (Å²) in [7, 11) is 0. The highest BCUT2D eigenvalue weighted by atomic mass is 16.2. The number of nitrogens with one attached hydrogen (secondary N) is 1. The van der Waals surface area contributed by atoms with Crippen LogP contribution < -0.4 is 5.32 Å². The average Bonchev–Trinajstić information content (AvgIpc) is 2.77. The first-order valence-corrected chi connectivity index (χ1v) is 6.99. The topological polar surface area (TPSA) is 35.6 Å².